The minimum Gasteiger partial charge on any atom is -0.481 e. The highest BCUT2D eigenvalue weighted by molar-refractivity contribution is 8.06. The lowest BCUT2D eigenvalue weighted by Crippen LogP contribution is -2.45. The standard InChI is InChI=1S/C20H19NO7S/c22-18(23)11-10-15-12-21(17-9-5-4-8-16(17)19(15)24)29(26,27)20(25)28-13-14-6-2-1-3-7-14/h1-9,15H,10-13H2,(H,22,23)/t15-/m0/s1. The molecular formula is C20H19NO7S. The third-order valence-electron chi connectivity index (χ3n) is 4.60. The molecule has 0 amide bonds. The van der Waals surface area contributed by atoms with Gasteiger partial charge in [-0.1, -0.05) is 42.5 Å². The molecule has 1 aliphatic rings. The topological polar surface area (TPSA) is 118 Å². The molecule has 1 N–H and O–H groups in total. The number of Topliss-reactive ketones (excluding diaryl/α,β-unsaturated/α-hetero) is 1. The maximum Gasteiger partial charge on any atom is 0.445 e. The number of fused-ring (bicyclic) bond motifs is 1. The normalized spacial score (nSPS) is 16.2. The summed E-state index contributed by atoms with van der Waals surface area (Å²) in [5.41, 5.74) is 0.846. The number of carbonyl (C=O) groups is 3. The summed E-state index contributed by atoms with van der Waals surface area (Å²) in [6.45, 7) is -0.526. The number of carboxylic acids is 1. The lowest BCUT2D eigenvalue weighted by molar-refractivity contribution is -0.137. The molecule has 0 fully saturated rings. The molecule has 0 unspecified atom stereocenters. The van der Waals surface area contributed by atoms with Gasteiger partial charge in [0.25, 0.3) is 0 Å². The van der Waals surface area contributed by atoms with Crippen LogP contribution >= 0.6 is 0 Å². The fourth-order valence-corrected chi connectivity index (χ4v) is 4.31. The fraction of sp³-hybridized carbons (Fsp3) is 0.250. The highest BCUT2D eigenvalue weighted by atomic mass is 32.2. The SMILES string of the molecule is O=C(O)CC[C@H]1CN(S(=O)(=O)C(=O)OCc2ccccc2)c2ccccc2C1=O. The van der Waals surface area contributed by atoms with Crippen molar-refractivity contribution >= 4 is 32.8 Å². The zero-order chi connectivity index (χ0) is 21.0. The number of aliphatic carboxylic acids is 1. The number of sulfonamides is 1. The summed E-state index contributed by atoms with van der Waals surface area (Å²) in [4.78, 5) is 35.9. The van der Waals surface area contributed by atoms with Crippen molar-refractivity contribution in [1.29, 1.82) is 0 Å². The van der Waals surface area contributed by atoms with E-state index in [1.54, 1.807) is 42.5 Å². The van der Waals surface area contributed by atoms with Gasteiger partial charge < -0.3 is 9.84 Å². The van der Waals surface area contributed by atoms with Crippen LogP contribution in [0.1, 0.15) is 28.8 Å². The number of benzene rings is 2. The predicted octanol–water partition coefficient (Wildman–Crippen LogP) is 2.84. The van der Waals surface area contributed by atoms with Crippen LogP contribution in [0.15, 0.2) is 54.6 Å². The highest BCUT2D eigenvalue weighted by Gasteiger charge is 2.41. The van der Waals surface area contributed by atoms with Crippen molar-refractivity contribution in [2.24, 2.45) is 5.92 Å². The number of ether oxygens (including phenoxy) is 1. The van der Waals surface area contributed by atoms with E-state index in [9.17, 15) is 22.8 Å². The number of nitrogens with zero attached hydrogens (tertiary/aromatic N) is 1. The molecule has 152 valence electrons. The minimum absolute atomic E-state index is 0.0341. The van der Waals surface area contributed by atoms with Gasteiger partial charge in [0, 0.05) is 24.4 Å². The first-order valence-electron chi connectivity index (χ1n) is 8.89. The first-order valence-corrected chi connectivity index (χ1v) is 10.3. The smallest absolute Gasteiger partial charge is 0.445 e. The van der Waals surface area contributed by atoms with Gasteiger partial charge in [-0.25, -0.2) is 4.79 Å². The van der Waals surface area contributed by atoms with Crippen LogP contribution in [0.5, 0.6) is 0 Å². The van der Waals surface area contributed by atoms with Crippen LogP contribution in [0.2, 0.25) is 0 Å². The molecule has 1 heterocycles. The number of carbonyl (C=O) groups excluding carboxylic acids is 2. The van der Waals surface area contributed by atoms with E-state index in [2.05, 4.69) is 0 Å². The van der Waals surface area contributed by atoms with Gasteiger partial charge in [0.2, 0.25) is 0 Å². The zero-order valence-corrected chi connectivity index (χ0v) is 16.2. The lowest BCUT2D eigenvalue weighted by atomic mass is 9.89. The lowest BCUT2D eigenvalue weighted by Gasteiger charge is -2.33. The average Bonchev–Trinajstić information content (AvgIpc) is 2.72. The van der Waals surface area contributed by atoms with Crippen molar-refractivity contribution < 1.29 is 32.6 Å². The summed E-state index contributed by atoms with van der Waals surface area (Å²) in [5, 5.41) is 7.47. The number of ketones is 1. The van der Waals surface area contributed by atoms with Gasteiger partial charge in [0.1, 0.15) is 6.61 Å². The van der Waals surface area contributed by atoms with Crippen LogP contribution in [0.3, 0.4) is 0 Å². The molecule has 2 aromatic carbocycles. The number of carboxylic acid groups (broad SMARTS) is 1. The van der Waals surface area contributed by atoms with Crippen LogP contribution in [0, 0.1) is 5.92 Å². The second kappa shape index (κ2) is 8.44. The van der Waals surface area contributed by atoms with Crippen LogP contribution in [0.25, 0.3) is 0 Å². The molecule has 0 saturated heterocycles. The van der Waals surface area contributed by atoms with Gasteiger partial charge in [-0.2, -0.15) is 8.42 Å². The van der Waals surface area contributed by atoms with Crippen molar-refractivity contribution in [3.63, 3.8) is 0 Å². The molecule has 0 aromatic heterocycles. The van der Waals surface area contributed by atoms with E-state index in [0.717, 1.165) is 4.31 Å². The number of para-hydroxylation sites is 1. The van der Waals surface area contributed by atoms with E-state index in [1.165, 1.54) is 12.1 Å². The maximum atomic E-state index is 12.9. The van der Waals surface area contributed by atoms with E-state index in [4.69, 9.17) is 9.84 Å². The Morgan fingerprint density at radius 2 is 1.72 bits per heavy atom. The number of hydrogen-bond donors (Lipinski definition) is 1. The third kappa shape index (κ3) is 4.45. The van der Waals surface area contributed by atoms with Gasteiger partial charge in [0.05, 0.1) is 5.69 Å². The number of rotatable bonds is 6. The molecule has 1 aliphatic heterocycles. The Morgan fingerprint density at radius 3 is 2.41 bits per heavy atom. The molecule has 2 aromatic rings. The largest absolute Gasteiger partial charge is 0.481 e. The van der Waals surface area contributed by atoms with Gasteiger partial charge in [-0.15, -0.1) is 0 Å². The molecular weight excluding hydrogens is 398 g/mol. The highest BCUT2D eigenvalue weighted by Crippen LogP contribution is 2.34. The average molecular weight is 417 g/mol. The van der Waals surface area contributed by atoms with Crippen molar-refractivity contribution in [1.82, 2.24) is 0 Å². The molecule has 3 rings (SSSR count). The Labute approximate surface area is 167 Å². The Bertz CT molecular complexity index is 1030. The summed E-state index contributed by atoms with van der Waals surface area (Å²) < 4.78 is 31.6. The summed E-state index contributed by atoms with van der Waals surface area (Å²) >= 11 is 0. The zero-order valence-electron chi connectivity index (χ0n) is 15.4. The first-order chi connectivity index (χ1) is 13.8. The molecule has 9 heteroatoms. The Kier molecular flexibility index (Phi) is 5.97. The quantitative estimate of drug-likeness (QED) is 0.718. The van der Waals surface area contributed by atoms with Crippen LogP contribution < -0.4 is 4.31 Å². The molecule has 0 saturated carbocycles. The number of hydrogen-bond acceptors (Lipinski definition) is 6. The van der Waals surface area contributed by atoms with Gasteiger partial charge in [-0.05, 0) is 24.1 Å². The third-order valence-corrected chi connectivity index (χ3v) is 6.07. The summed E-state index contributed by atoms with van der Waals surface area (Å²) in [6, 6.07) is 14.7. The van der Waals surface area contributed by atoms with E-state index in [-0.39, 0.29) is 43.0 Å². The molecule has 0 bridgehead atoms. The van der Waals surface area contributed by atoms with Gasteiger partial charge in [-0.3, -0.25) is 13.9 Å². The van der Waals surface area contributed by atoms with Crippen LogP contribution in [0.4, 0.5) is 10.5 Å². The molecule has 1 atom stereocenters. The van der Waals surface area contributed by atoms with Crippen molar-refractivity contribution in [2.45, 2.75) is 19.4 Å². The van der Waals surface area contributed by atoms with Crippen molar-refractivity contribution in [3.05, 3.63) is 65.7 Å². The Hall–Kier alpha value is -3.20. The Balaban J connectivity index is 1.86. The molecule has 29 heavy (non-hydrogen) atoms. The first kappa shape index (κ1) is 20.5. The molecule has 0 spiro atoms. The van der Waals surface area contributed by atoms with Gasteiger partial charge in [0.15, 0.2) is 5.78 Å². The van der Waals surface area contributed by atoms with Crippen molar-refractivity contribution in [3.8, 4) is 0 Å². The van der Waals surface area contributed by atoms with E-state index >= 15 is 0 Å². The Morgan fingerprint density at radius 1 is 1.07 bits per heavy atom. The second-order valence-corrected chi connectivity index (χ2v) is 8.30. The monoisotopic (exact) mass is 417 g/mol. The summed E-state index contributed by atoms with van der Waals surface area (Å²) in [7, 11) is -4.57. The predicted molar refractivity (Wildman–Crippen MR) is 104 cm³/mol. The van der Waals surface area contributed by atoms with Gasteiger partial charge >= 0.3 is 21.3 Å². The number of anilines is 1. The maximum absolute atomic E-state index is 12.9. The van der Waals surface area contributed by atoms with Crippen molar-refractivity contribution in [2.75, 3.05) is 10.8 Å². The summed E-state index contributed by atoms with van der Waals surface area (Å²) in [5.74, 6) is -2.29. The van der Waals surface area contributed by atoms with E-state index in [0.29, 0.717) is 5.56 Å². The molecule has 0 aliphatic carbocycles. The minimum atomic E-state index is -4.57. The van der Waals surface area contributed by atoms with E-state index in [1.807, 2.05) is 0 Å². The second-order valence-electron chi connectivity index (χ2n) is 6.57. The van der Waals surface area contributed by atoms with E-state index < -0.39 is 27.2 Å². The summed E-state index contributed by atoms with van der Waals surface area (Å²) in [6.07, 6.45) is -0.321. The van der Waals surface area contributed by atoms with Crippen LogP contribution in [-0.4, -0.2) is 37.1 Å². The fourth-order valence-electron chi connectivity index (χ4n) is 3.13. The molecule has 0 radical (unpaired) electrons. The molecule has 8 nitrogen and oxygen atoms in total. The van der Waals surface area contributed by atoms with Crippen LogP contribution in [-0.2, 0) is 26.2 Å².